The molecule has 1 aromatic carbocycles. The molecule has 0 saturated carbocycles. The Labute approximate surface area is 192 Å². The first-order chi connectivity index (χ1) is 14.9. The van der Waals surface area contributed by atoms with E-state index in [-0.39, 0.29) is 11.8 Å². The predicted octanol–water partition coefficient (Wildman–Crippen LogP) is 5.88. The molecule has 0 fully saturated rings. The first-order valence-corrected chi connectivity index (χ1v) is 11.5. The van der Waals surface area contributed by atoms with E-state index in [4.69, 9.17) is 14.2 Å². The van der Waals surface area contributed by atoms with Gasteiger partial charge >= 0.3 is 12.1 Å². The summed E-state index contributed by atoms with van der Waals surface area (Å²) >= 11 is 0. The van der Waals surface area contributed by atoms with Crippen LogP contribution < -0.4 is 10.1 Å². The van der Waals surface area contributed by atoms with Gasteiger partial charge in [-0.2, -0.15) is 0 Å². The van der Waals surface area contributed by atoms with Crippen LogP contribution in [0.5, 0.6) is 5.75 Å². The molecule has 0 aliphatic rings. The van der Waals surface area contributed by atoms with Crippen molar-refractivity contribution in [1.29, 1.82) is 0 Å². The van der Waals surface area contributed by atoms with Crippen molar-refractivity contribution in [3.63, 3.8) is 0 Å². The highest BCUT2D eigenvalue weighted by atomic mass is 19.1. The lowest BCUT2D eigenvalue weighted by Crippen LogP contribution is -2.47. The zero-order chi connectivity index (χ0) is 24.5. The highest BCUT2D eigenvalue weighted by Gasteiger charge is 2.33. The Morgan fingerprint density at radius 1 is 1.09 bits per heavy atom. The molecule has 7 heteroatoms. The van der Waals surface area contributed by atoms with E-state index in [0.29, 0.717) is 12.2 Å². The van der Waals surface area contributed by atoms with Crippen molar-refractivity contribution >= 4 is 12.1 Å². The maximum Gasteiger partial charge on any atom is 0.408 e. The molecule has 0 aromatic heterocycles. The van der Waals surface area contributed by atoms with Crippen LogP contribution in [0.25, 0.3) is 0 Å². The van der Waals surface area contributed by atoms with Crippen LogP contribution in [0.3, 0.4) is 0 Å². The highest BCUT2D eigenvalue weighted by Crippen LogP contribution is 2.25. The zero-order valence-corrected chi connectivity index (χ0v) is 20.7. The molecular formula is C25H40FNO5. The van der Waals surface area contributed by atoms with Gasteiger partial charge in [-0.3, -0.25) is 0 Å². The Balaban J connectivity index is 2.98. The van der Waals surface area contributed by atoms with Crippen molar-refractivity contribution in [3.05, 3.63) is 30.1 Å². The summed E-state index contributed by atoms with van der Waals surface area (Å²) in [5.74, 6) is -0.306. The van der Waals surface area contributed by atoms with Crippen LogP contribution in [0.1, 0.15) is 74.7 Å². The van der Waals surface area contributed by atoms with Gasteiger partial charge in [0, 0.05) is 6.07 Å². The van der Waals surface area contributed by atoms with Crippen molar-refractivity contribution in [3.8, 4) is 5.75 Å². The van der Waals surface area contributed by atoms with Crippen LogP contribution in [-0.2, 0) is 14.3 Å². The summed E-state index contributed by atoms with van der Waals surface area (Å²) in [5, 5.41) is 2.64. The standard InChI is InChI=1S/C25H40FNO5/c1-9-18(10-2)22(31-20-13-11-12-19(26)15-20)17(5)30-23(28)21(14-16(3)4)27-24(29)32-25(6,7)8/h11-13,15-18,21-22H,9-10,14H2,1-8H3,(H,27,29)/t17-,21-,22+/m0/s1. The summed E-state index contributed by atoms with van der Waals surface area (Å²) in [6, 6.07) is 5.08. The molecule has 0 spiro atoms. The van der Waals surface area contributed by atoms with E-state index in [0.717, 1.165) is 12.8 Å². The van der Waals surface area contributed by atoms with Gasteiger partial charge in [-0.1, -0.05) is 33.8 Å². The van der Waals surface area contributed by atoms with Crippen molar-refractivity contribution in [2.24, 2.45) is 11.8 Å². The second-order valence-corrected chi connectivity index (χ2v) is 9.59. The summed E-state index contributed by atoms with van der Waals surface area (Å²) in [6.45, 7) is 15.0. The Bertz CT molecular complexity index is 727. The monoisotopic (exact) mass is 453 g/mol. The lowest BCUT2D eigenvalue weighted by molar-refractivity contribution is -0.157. The van der Waals surface area contributed by atoms with Gasteiger partial charge in [-0.05, 0) is 70.9 Å². The van der Waals surface area contributed by atoms with E-state index >= 15 is 0 Å². The molecule has 6 nitrogen and oxygen atoms in total. The summed E-state index contributed by atoms with van der Waals surface area (Å²) < 4.78 is 30.8. The first-order valence-electron chi connectivity index (χ1n) is 11.5. The fraction of sp³-hybridized carbons (Fsp3) is 0.680. The Kier molecular flexibility index (Phi) is 11.0. The molecule has 1 rings (SSSR count). The largest absolute Gasteiger partial charge is 0.486 e. The molecule has 1 amide bonds. The van der Waals surface area contributed by atoms with Gasteiger partial charge in [-0.25, -0.2) is 14.0 Å². The van der Waals surface area contributed by atoms with Gasteiger partial charge < -0.3 is 19.5 Å². The molecule has 3 atom stereocenters. The number of benzene rings is 1. The number of esters is 1. The minimum absolute atomic E-state index is 0.100. The van der Waals surface area contributed by atoms with Gasteiger partial charge in [0.25, 0.3) is 0 Å². The molecule has 0 heterocycles. The van der Waals surface area contributed by atoms with Crippen molar-refractivity contribution in [1.82, 2.24) is 5.32 Å². The van der Waals surface area contributed by atoms with Gasteiger partial charge in [-0.15, -0.1) is 0 Å². The summed E-state index contributed by atoms with van der Waals surface area (Å²) in [5.41, 5.74) is -0.678. The van der Waals surface area contributed by atoms with E-state index < -0.39 is 41.7 Å². The fourth-order valence-electron chi connectivity index (χ4n) is 3.49. The Morgan fingerprint density at radius 3 is 2.22 bits per heavy atom. The third kappa shape index (κ3) is 9.88. The molecule has 182 valence electrons. The van der Waals surface area contributed by atoms with Crippen LogP contribution in [-0.4, -0.2) is 35.9 Å². The topological polar surface area (TPSA) is 73.9 Å². The molecule has 0 aliphatic carbocycles. The number of halogens is 1. The van der Waals surface area contributed by atoms with E-state index in [9.17, 15) is 14.0 Å². The number of alkyl carbamates (subject to hydrolysis) is 1. The maximum absolute atomic E-state index is 13.6. The van der Waals surface area contributed by atoms with Crippen LogP contribution >= 0.6 is 0 Å². The Morgan fingerprint density at radius 2 is 1.72 bits per heavy atom. The number of amides is 1. The lowest BCUT2D eigenvalue weighted by atomic mass is 9.93. The fourth-order valence-corrected chi connectivity index (χ4v) is 3.49. The van der Waals surface area contributed by atoms with Gasteiger partial charge in [0.1, 0.15) is 35.4 Å². The van der Waals surface area contributed by atoms with Crippen LogP contribution in [0.4, 0.5) is 9.18 Å². The number of carbonyl (C=O) groups excluding carboxylic acids is 2. The van der Waals surface area contributed by atoms with Crippen molar-refractivity contribution in [2.45, 2.75) is 98.5 Å². The second kappa shape index (κ2) is 12.7. The number of carbonyl (C=O) groups is 2. The maximum atomic E-state index is 13.6. The molecule has 1 aromatic rings. The van der Waals surface area contributed by atoms with E-state index in [2.05, 4.69) is 5.32 Å². The van der Waals surface area contributed by atoms with Crippen LogP contribution in [0, 0.1) is 17.7 Å². The quantitative estimate of drug-likeness (QED) is 0.424. The number of ether oxygens (including phenoxy) is 3. The third-order valence-electron chi connectivity index (χ3n) is 5.03. The van der Waals surface area contributed by atoms with E-state index in [1.807, 2.05) is 27.7 Å². The normalized spacial score (nSPS) is 14.6. The average molecular weight is 454 g/mol. The van der Waals surface area contributed by atoms with Crippen molar-refractivity contribution in [2.75, 3.05) is 0 Å². The molecule has 0 bridgehead atoms. The average Bonchev–Trinajstić information content (AvgIpc) is 2.65. The van der Waals surface area contributed by atoms with E-state index in [1.54, 1.807) is 39.8 Å². The van der Waals surface area contributed by atoms with Gasteiger partial charge in [0.05, 0.1) is 0 Å². The predicted molar refractivity (Wildman–Crippen MR) is 123 cm³/mol. The van der Waals surface area contributed by atoms with Gasteiger partial charge in [0.15, 0.2) is 0 Å². The number of rotatable bonds is 11. The van der Waals surface area contributed by atoms with Crippen LogP contribution in [0.15, 0.2) is 24.3 Å². The highest BCUT2D eigenvalue weighted by molar-refractivity contribution is 5.81. The SMILES string of the molecule is CCC(CC)[C@H](Oc1cccc(F)c1)[C@H](C)OC(=O)[C@H](CC(C)C)NC(=O)OC(C)(C)C. The Hall–Kier alpha value is -2.31. The van der Waals surface area contributed by atoms with E-state index in [1.165, 1.54) is 12.1 Å². The molecule has 0 radical (unpaired) electrons. The first kappa shape index (κ1) is 27.7. The second-order valence-electron chi connectivity index (χ2n) is 9.59. The van der Waals surface area contributed by atoms with Crippen LogP contribution in [0.2, 0.25) is 0 Å². The molecule has 0 unspecified atom stereocenters. The molecule has 0 saturated heterocycles. The molecule has 1 N–H and O–H groups in total. The number of hydrogen-bond donors (Lipinski definition) is 1. The summed E-state index contributed by atoms with van der Waals surface area (Å²) in [6.07, 6.45) is 0.294. The zero-order valence-electron chi connectivity index (χ0n) is 20.7. The van der Waals surface area contributed by atoms with Crippen molar-refractivity contribution < 1.29 is 28.2 Å². The number of nitrogens with one attached hydrogen (secondary N) is 1. The smallest absolute Gasteiger partial charge is 0.408 e. The number of hydrogen-bond acceptors (Lipinski definition) is 5. The third-order valence-corrected chi connectivity index (χ3v) is 5.03. The molecule has 32 heavy (non-hydrogen) atoms. The minimum Gasteiger partial charge on any atom is -0.486 e. The molecular weight excluding hydrogens is 413 g/mol. The molecule has 0 aliphatic heterocycles. The summed E-state index contributed by atoms with van der Waals surface area (Å²) in [4.78, 5) is 25.2. The minimum atomic E-state index is -0.844. The lowest BCUT2D eigenvalue weighted by Gasteiger charge is -2.32. The summed E-state index contributed by atoms with van der Waals surface area (Å²) in [7, 11) is 0. The van der Waals surface area contributed by atoms with Gasteiger partial charge in [0.2, 0.25) is 0 Å².